The zero-order valence-electron chi connectivity index (χ0n) is 16.7. The molecule has 0 spiro atoms. The second-order valence-electron chi connectivity index (χ2n) is 7.65. The molecule has 2 heterocycles. The maximum absolute atomic E-state index is 14.0. The summed E-state index contributed by atoms with van der Waals surface area (Å²) in [7, 11) is 3.87. The standard InChI is InChI=1S/C23H21FN2O4/c1-25(2)10-11-26-20(15-7-5-8-16(24)12-15)19(22(28)23(26)29)21(27)18-13-14-6-3-4-9-17(14)30-18/h3-9,12-13,20,28H,10-11H2,1-2H3/p+1/t20-/m1/s1. The van der Waals surface area contributed by atoms with Crippen LogP contribution in [0.25, 0.3) is 11.0 Å². The number of carbonyl (C=O) groups excluding carboxylic acids is 2. The molecule has 2 N–H and O–H groups in total. The van der Waals surface area contributed by atoms with E-state index in [1.54, 1.807) is 30.3 Å². The molecule has 1 amide bonds. The first-order valence-electron chi connectivity index (χ1n) is 9.68. The van der Waals surface area contributed by atoms with Crippen molar-refractivity contribution in [1.82, 2.24) is 4.90 Å². The average Bonchev–Trinajstić information content (AvgIpc) is 3.26. The van der Waals surface area contributed by atoms with Gasteiger partial charge in [0.2, 0.25) is 5.78 Å². The van der Waals surface area contributed by atoms with Crippen molar-refractivity contribution < 1.29 is 28.4 Å². The van der Waals surface area contributed by atoms with Crippen molar-refractivity contribution in [3.05, 3.63) is 83.1 Å². The summed E-state index contributed by atoms with van der Waals surface area (Å²) in [4.78, 5) is 28.7. The van der Waals surface area contributed by atoms with Crippen LogP contribution in [0.1, 0.15) is 22.2 Å². The number of fused-ring (bicyclic) bond motifs is 1. The first-order valence-corrected chi connectivity index (χ1v) is 9.68. The summed E-state index contributed by atoms with van der Waals surface area (Å²) in [5, 5.41) is 11.4. The van der Waals surface area contributed by atoms with Gasteiger partial charge in [0.1, 0.15) is 11.4 Å². The van der Waals surface area contributed by atoms with Crippen molar-refractivity contribution in [2.75, 3.05) is 27.2 Å². The van der Waals surface area contributed by atoms with Gasteiger partial charge >= 0.3 is 0 Å². The Morgan fingerprint density at radius 1 is 1.17 bits per heavy atom. The summed E-state index contributed by atoms with van der Waals surface area (Å²) in [6, 6.07) is 13.6. The van der Waals surface area contributed by atoms with Crippen molar-refractivity contribution >= 4 is 22.7 Å². The molecule has 7 heteroatoms. The molecule has 1 atom stereocenters. The van der Waals surface area contributed by atoms with Gasteiger partial charge in [0.25, 0.3) is 5.91 Å². The molecule has 3 aromatic rings. The van der Waals surface area contributed by atoms with Crippen LogP contribution in [-0.4, -0.2) is 48.9 Å². The topological polar surface area (TPSA) is 75.2 Å². The zero-order valence-corrected chi connectivity index (χ0v) is 16.7. The second-order valence-corrected chi connectivity index (χ2v) is 7.65. The van der Waals surface area contributed by atoms with Crippen LogP contribution in [0.2, 0.25) is 0 Å². The molecule has 0 aliphatic carbocycles. The van der Waals surface area contributed by atoms with Gasteiger partial charge in [0.05, 0.1) is 38.8 Å². The lowest BCUT2D eigenvalue weighted by Gasteiger charge is -2.27. The second kappa shape index (κ2) is 7.76. The minimum Gasteiger partial charge on any atom is -0.503 e. The normalized spacial score (nSPS) is 16.9. The molecule has 2 aromatic carbocycles. The number of likely N-dealkylation sites (N-methyl/N-ethyl adjacent to an activating group) is 1. The zero-order chi connectivity index (χ0) is 21.4. The molecule has 6 nitrogen and oxygen atoms in total. The maximum Gasteiger partial charge on any atom is 0.290 e. The molecule has 1 aromatic heterocycles. The summed E-state index contributed by atoms with van der Waals surface area (Å²) in [5.41, 5.74) is 0.847. The van der Waals surface area contributed by atoms with Crippen molar-refractivity contribution in [2.45, 2.75) is 6.04 Å². The Labute approximate surface area is 172 Å². The van der Waals surface area contributed by atoms with Crippen LogP contribution in [-0.2, 0) is 4.79 Å². The number of nitrogens with one attached hydrogen (secondary N) is 1. The SMILES string of the molecule is C[NH+](C)CCN1C(=O)C(O)=C(C(=O)c2cc3ccccc3o2)[C@H]1c1cccc(F)c1. The van der Waals surface area contributed by atoms with E-state index in [-0.39, 0.29) is 11.3 Å². The Morgan fingerprint density at radius 3 is 2.63 bits per heavy atom. The maximum atomic E-state index is 14.0. The van der Waals surface area contributed by atoms with E-state index in [1.165, 1.54) is 23.1 Å². The lowest BCUT2D eigenvalue weighted by Crippen LogP contribution is -3.06. The molecule has 0 bridgehead atoms. The van der Waals surface area contributed by atoms with Crippen LogP contribution in [0.15, 0.2) is 70.3 Å². The smallest absolute Gasteiger partial charge is 0.290 e. The highest BCUT2D eigenvalue weighted by Crippen LogP contribution is 2.39. The summed E-state index contributed by atoms with van der Waals surface area (Å²) in [6.45, 7) is 0.889. The fourth-order valence-corrected chi connectivity index (χ4v) is 3.71. The predicted molar refractivity (Wildman–Crippen MR) is 109 cm³/mol. The first-order chi connectivity index (χ1) is 14.4. The van der Waals surface area contributed by atoms with Crippen LogP contribution in [0.5, 0.6) is 0 Å². The van der Waals surface area contributed by atoms with Gasteiger partial charge in [-0.05, 0) is 29.8 Å². The monoisotopic (exact) mass is 409 g/mol. The number of quaternary nitrogens is 1. The number of aliphatic hydroxyl groups is 1. The molecule has 30 heavy (non-hydrogen) atoms. The summed E-state index contributed by atoms with van der Waals surface area (Å²) >= 11 is 0. The van der Waals surface area contributed by atoms with Gasteiger partial charge in [-0.3, -0.25) is 9.59 Å². The number of carbonyl (C=O) groups is 2. The number of Topliss-reactive ketones (excluding diaryl/α,β-unsaturated/α-hetero) is 1. The van der Waals surface area contributed by atoms with E-state index in [2.05, 4.69) is 0 Å². The highest BCUT2D eigenvalue weighted by molar-refractivity contribution is 6.16. The largest absolute Gasteiger partial charge is 0.503 e. The molecule has 1 aliphatic rings. The number of para-hydroxylation sites is 1. The quantitative estimate of drug-likeness (QED) is 0.613. The number of benzene rings is 2. The van der Waals surface area contributed by atoms with E-state index in [4.69, 9.17) is 4.42 Å². The molecule has 0 radical (unpaired) electrons. The number of aliphatic hydroxyl groups excluding tert-OH is 1. The van der Waals surface area contributed by atoms with Crippen LogP contribution in [0, 0.1) is 5.82 Å². The lowest BCUT2D eigenvalue weighted by atomic mass is 9.95. The average molecular weight is 409 g/mol. The Hall–Kier alpha value is -3.45. The molecular weight excluding hydrogens is 387 g/mol. The minimum atomic E-state index is -0.895. The fourth-order valence-electron chi connectivity index (χ4n) is 3.71. The third-order valence-electron chi connectivity index (χ3n) is 5.21. The van der Waals surface area contributed by atoms with Gasteiger partial charge in [0, 0.05) is 5.39 Å². The van der Waals surface area contributed by atoms with E-state index in [0.29, 0.717) is 24.2 Å². The highest BCUT2D eigenvalue weighted by atomic mass is 19.1. The number of ketones is 1. The molecule has 0 saturated carbocycles. The summed E-state index contributed by atoms with van der Waals surface area (Å²) in [6.07, 6.45) is 0. The number of hydrogen-bond acceptors (Lipinski definition) is 4. The van der Waals surface area contributed by atoms with Crippen LogP contribution in [0.4, 0.5) is 4.39 Å². The number of hydrogen-bond donors (Lipinski definition) is 2. The number of furan rings is 1. The fraction of sp³-hybridized carbons (Fsp3) is 0.217. The minimum absolute atomic E-state index is 0.0204. The number of amides is 1. The van der Waals surface area contributed by atoms with E-state index < -0.39 is 29.3 Å². The van der Waals surface area contributed by atoms with Gasteiger partial charge in [-0.25, -0.2) is 4.39 Å². The molecular formula is C23H22FN2O4+. The van der Waals surface area contributed by atoms with Crippen molar-refractivity contribution in [2.24, 2.45) is 0 Å². The number of halogens is 1. The van der Waals surface area contributed by atoms with Gasteiger partial charge in [-0.15, -0.1) is 0 Å². The van der Waals surface area contributed by atoms with Crippen molar-refractivity contribution in [3.8, 4) is 0 Å². The molecule has 4 rings (SSSR count). The predicted octanol–water partition coefficient (Wildman–Crippen LogP) is 2.29. The van der Waals surface area contributed by atoms with Crippen LogP contribution < -0.4 is 4.90 Å². The summed E-state index contributed by atoms with van der Waals surface area (Å²) in [5.74, 6) is -2.33. The Bertz CT molecular complexity index is 1130. The highest BCUT2D eigenvalue weighted by Gasteiger charge is 2.44. The molecule has 0 saturated heterocycles. The van der Waals surface area contributed by atoms with Gasteiger partial charge in [-0.1, -0.05) is 30.3 Å². The van der Waals surface area contributed by atoms with E-state index in [1.807, 2.05) is 20.2 Å². The van der Waals surface area contributed by atoms with Crippen molar-refractivity contribution in [3.63, 3.8) is 0 Å². The van der Waals surface area contributed by atoms with Crippen LogP contribution >= 0.6 is 0 Å². The van der Waals surface area contributed by atoms with Gasteiger partial charge < -0.3 is 19.3 Å². The third-order valence-corrected chi connectivity index (χ3v) is 5.21. The third kappa shape index (κ3) is 3.48. The molecule has 0 fully saturated rings. The van der Waals surface area contributed by atoms with Crippen molar-refractivity contribution in [1.29, 1.82) is 0 Å². The van der Waals surface area contributed by atoms with Gasteiger partial charge in [0.15, 0.2) is 11.5 Å². The van der Waals surface area contributed by atoms with E-state index >= 15 is 0 Å². The Kier molecular flexibility index (Phi) is 5.13. The first kappa shape index (κ1) is 19.8. The Balaban J connectivity index is 1.79. The molecule has 154 valence electrons. The molecule has 0 unspecified atom stereocenters. The van der Waals surface area contributed by atoms with E-state index in [9.17, 15) is 19.1 Å². The number of nitrogens with zero attached hydrogens (tertiary/aromatic N) is 1. The summed E-state index contributed by atoms with van der Waals surface area (Å²) < 4.78 is 19.6. The number of rotatable bonds is 6. The van der Waals surface area contributed by atoms with E-state index in [0.717, 1.165) is 10.3 Å². The van der Waals surface area contributed by atoms with Gasteiger partial charge in [-0.2, -0.15) is 0 Å². The Morgan fingerprint density at radius 2 is 1.93 bits per heavy atom. The lowest BCUT2D eigenvalue weighted by molar-refractivity contribution is -0.857. The van der Waals surface area contributed by atoms with Crippen LogP contribution in [0.3, 0.4) is 0 Å². The molecule has 1 aliphatic heterocycles.